The van der Waals surface area contributed by atoms with Gasteiger partial charge in [-0.25, -0.2) is 4.98 Å². The summed E-state index contributed by atoms with van der Waals surface area (Å²) in [5.41, 5.74) is 0. The highest BCUT2D eigenvalue weighted by molar-refractivity contribution is 5.85. The third kappa shape index (κ3) is 3.87. The summed E-state index contributed by atoms with van der Waals surface area (Å²) in [6.45, 7) is 0. The number of rotatable bonds is 0. The molecule has 0 aromatic carbocycles. The van der Waals surface area contributed by atoms with Crippen LogP contribution in [0.5, 0.6) is 0 Å². The molecule has 0 saturated heterocycles. The number of H-pyrrole nitrogens is 1. The van der Waals surface area contributed by atoms with Crippen molar-refractivity contribution in [2.24, 2.45) is 0 Å². The Morgan fingerprint density at radius 3 is 2.29 bits per heavy atom. The van der Waals surface area contributed by atoms with Crippen LogP contribution in [-0.2, 0) is 0 Å². The van der Waals surface area contributed by atoms with E-state index in [9.17, 15) is 0 Å². The molecule has 0 bridgehead atoms. The molecule has 2 nitrogen and oxygen atoms in total. The van der Waals surface area contributed by atoms with E-state index in [1.807, 2.05) is 0 Å². The number of nitrogens with zero attached hydrogens (tertiary/aromatic N) is 1. The highest BCUT2D eigenvalue weighted by atomic mass is 35.5. The number of hydrogen-bond acceptors (Lipinski definition) is 1. The van der Waals surface area contributed by atoms with Gasteiger partial charge >= 0.3 is 0 Å². The minimum atomic E-state index is 0. The van der Waals surface area contributed by atoms with Crippen molar-refractivity contribution in [3.05, 3.63) is 18.7 Å². The van der Waals surface area contributed by atoms with Gasteiger partial charge in [0.25, 0.3) is 0 Å². The molecule has 0 unspecified atom stereocenters. The number of aromatic amines is 1. The SMILES string of the molecule is Cl.[AlH3].c1c[nH]cn1. The molecule has 0 aliphatic heterocycles. The number of nitrogens with one attached hydrogen (secondary N) is 1. The first-order valence-corrected chi connectivity index (χ1v) is 1.43. The Balaban J connectivity index is 0. The number of hydrogen-bond donors (Lipinski definition) is 1. The molecule has 0 fully saturated rings. The third-order valence-electron chi connectivity index (χ3n) is 0.406. The van der Waals surface area contributed by atoms with Crippen molar-refractivity contribution >= 4 is 29.8 Å². The van der Waals surface area contributed by atoms with E-state index in [-0.39, 0.29) is 29.8 Å². The Labute approximate surface area is 58.9 Å². The molecule has 0 atom stereocenters. The molecule has 0 amide bonds. The summed E-state index contributed by atoms with van der Waals surface area (Å²) in [5.74, 6) is 0. The van der Waals surface area contributed by atoms with Gasteiger partial charge in [-0.15, -0.1) is 12.4 Å². The first kappa shape index (κ1) is 10.1. The zero-order chi connectivity index (χ0) is 3.54. The van der Waals surface area contributed by atoms with Crippen LogP contribution in [0.3, 0.4) is 0 Å². The maximum Gasteiger partial charge on any atom is 0.187 e. The summed E-state index contributed by atoms with van der Waals surface area (Å²) in [7, 11) is 0. The molecule has 1 N–H and O–H groups in total. The van der Waals surface area contributed by atoms with Gasteiger partial charge in [0.1, 0.15) is 0 Å². The van der Waals surface area contributed by atoms with Crippen LogP contribution >= 0.6 is 12.4 Å². The van der Waals surface area contributed by atoms with Crippen molar-refractivity contribution in [2.75, 3.05) is 0 Å². The molecule has 1 heterocycles. The number of imidazole rings is 1. The van der Waals surface area contributed by atoms with E-state index in [1.54, 1.807) is 18.7 Å². The topological polar surface area (TPSA) is 28.7 Å². The van der Waals surface area contributed by atoms with Crippen molar-refractivity contribution in [3.63, 3.8) is 0 Å². The van der Waals surface area contributed by atoms with E-state index in [0.717, 1.165) is 0 Å². The predicted molar refractivity (Wildman–Crippen MR) is 35.8 cm³/mol. The molecular formula is C3H8AlClN2. The molecule has 0 radical (unpaired) electrons. The van der Waals surface area contributed by atoms with Crippen molar-refractivity contribution in [2.45, 2.75) is 0 Å². The molecular weight excluding hydrogens is 126 g/mol. The molecule has 4 heteroatoms. The van der Waals surface area contributed by atoms with Gasteiger partial charge < -0.3 is 4.98 Å². The highest BCUT2D eigenvalue weighted by Gasteiger charge is 1.56. The van der Waals surface area contributed by atoms with Crippen LogP contribution in [-0.4, -0.2) is 27.3 Å². The Bertz CT molecular complexity index is 69.4. The van der Waals surface area contributed by atoms with Crippen molar-refractivity contribution in [1.29, 1.82) is 0 Å². The second-order valence-electron chi connectivity index (χ2n) is 0.761. The van der Waals surface area contributed by atoms with E-state index in [1.165, 1.54) is 0 Å². The average Bonchev–Trinajstić information content (AvgIpc) is 1.76. The van der Waals surface area contributed by atoms with Crippen LogP contribution < -0.4 is 0 Å². The van der Waals surface area contributed by atoms with Crippen LogP contribution in [0.25, 0.3) is 0 Å². The van der Waals surface area contributed by atoms with Gasteiger partial charge in [0.05, 0.1) is 6.33 Å². The average molecular weight is 135 g/mol. The van der Waals surface area contributed by atoms with Crippen LogP contribution in [0.2, 0.25) is 0 Å². The number of halogens is 1. The number of aromatic nitrogens is 2. The van der Waals surface area contributed by atoms with Gasteiger partial charge in [0, 0.05) is 12.4 Å². The first-order valence-electron chi connectivity index (χ1n) is 1.43. The molecule has 7 heavy (non-hydrogen) atoms. The molecule has 1 aromatic rings. The third-order valence-corrected chi connectivity index (χ3v) is 0.406. The lowest BCUT2D eigenvalue weighted by Crippen LogP contribution is -1.44. The zero-order valence-electron chi connectivity index (χ0n) is 3.09. The van der Waals surface area contributed by atoms with Gasteiger partial charge in [-0.05, 0) is 0 Å². The molecule has 1 aromatic heterocycles. The predicted octanol–water partition coefficient (Wildman–Crippen LogP) is -0.352. The van der Waals surface area contributed by atoms with E-state index in [4.69, 9.17) is 0 Å². The lowest BCUT2D eigenvalue weighted by Gasteiger charge is -1.46. The summed E-state index contributed by atoms with van der Waals surface area (Å²) < 4.78 is 0. The molecule has 0 aliphatic carbocycles. The monoisotopic (exact) mass is 134 g/mol. The lowest BCUT2D eigenvalue weighted by atomic mass is 11.0. The van der Waals surface area contributed by atoms with Crippen molar-refractivity contribution < 1.29 is 0 Å². The van der Waals surface area contributed by atoms with Crippen LogP contribution in [0.4, 0.5) is 0 Å². The second-order valence-corrected chi connectivity index (χ2v) is 0.761. The molecule has 0 spiro atoms. The fourth-order valence-electron chi connectivity index (χ4n) is 0.215. The maximum atomic E-state index is 3.67. The largest absolute Gasteiger partial charge is 0.351 e. The second kappa shape index (κ2) is 6.03. The van der Waals surface area contributed by atoms with Gasteiger partial charge in [-0.3, -0.25) is 0 Å². The molecule has 40 valence electrons. The minimum absolute atomic E-state index is 0. The van der Waals surface area contributed by atoms with Crippen molar-refractivity contribution in [3.8, 4) is 0 Å². The van der Waals surface area contributed by atoms with Crippen LogP contribution in [0.1, 0.15) is 0 Å². The Hall–Kier alpha value is 0.0325. The van der Waals surface area contributed by atoms with Gasteiger partial charge in [-0.1, -0.05) is 0 Å². The molecule has 0 aliphatic rings. The van der Waals surface area contributed by atoms with Gasteiger partial charge in [-0.2, -0.15) is 0 Å². The Morgan fingerprint density at radius 2 is 2.14 bits per heavy atom. The smallest absolute Gasteiger partial charge is 0.187 e. The molecule has 0 saturated carbocycles. The molecule has 1 rings (SSSR count). The van der Waals surface area contributed by atoms with Crippen LogP contribution in [0.15, 0.2) is 18.7 Å². The summed E-state index contributed by atoms with van der Waals surface area (Å²) in [6, 6.07) is 0. The summed E-state index contributed by atoms with van der Waals surface area (Å²) in [4.78, 5) is 6.42. The quantitative estimate of drug-likeness (QED) is 0.483. The fraction of sp³-hybridized carbons (Fsp3) is 0. The Morgan fingerprint density at radius 1 is 1.43 bits per heavy atom. The summed E-state index contributed by atoms with van der Waals surface area (Å²) >= 11 is 0. The normalized spacial score (nSPS) is 5.71. The first-order chi connectivity index (χ1) is 2.50. The standard InChI is InChI=1S/C3H4N2.Al.ClH.3H/c1-2-5-3-4-1;;;;;/h1-3H,(H,4,5);;1H;;;. The van der Waals surface area contributed by atoms with E-state index < -0.39 is 0 Å². The Kier molecular flexibility index (Phi) is 8.71. The fourth-order valence-corrected chi connectivity index (χ4v) is 0.215. The van der Waals surface area contributed by atoms with E-state index in [2.05, 4.69) is 9.97 Å². The summed E-state index contributed by atoms with van der Waals surface area (Å²) in [5, 5.41) is 0. The maximum absolute atomic E-state index is 3.67. The highest BCUT2D eigenvalue weighted by Crippen LogP contribution is 1.62. The lowest BCUT2D eigenvalue weighted by molar-refractivity contribution is 1.31. The zero-order valence-corrected chi connectivity index (χ0v) is 3.90. The van der Waals surface area contributed by atoms with Crippen molar-refractivity contribution in [1.82, 2.24) is 9.97 Å². The summed E-state index contributed by atoms with van der Waals surface area (Å²) in [6.07, 6.45) is 5.08. The van der Waals surface area contributed by atoms with E-state index in [0.29, 0.717) is 0 Å². The van der Waals surface area contributed by atoms with E-state index >= 15 is 0 Å². The minimum Gasteiger partial charge on any atom is -0.351 e. The van der Waals surface area contributed by atoms with Gasteiger partial charge in [0.15, 0.2) is 17.4 Å². The van der Waals surface area contributed by atoms with Crippen LogP contribution in [0, 0.1) is 0 Å². The van der Waals surface area contributed by atoms with Gasteiger partial charge in [0.2, 0.25) is 0 Å².